The van der Waals surface area contributed by atoms with Crippen LogP contribution < -0.4 is 10.5 Å². The molecule has 0 radical (unpaired) electrons. The molecule has 0 aliphatic heterocycles. The van der Waals surface area contributed by atoms with Crippen LogP contribution in [0, 0.1) is 0 Å². The second-order valence-electron chi connectivity index (χ2n) is 2.16. The summed E-state index contributed by atoms with van der Waals surface area (Å²) >= 11 is 0. The molecule has 0 aliphatic carbocycles. The average Bonchev–Trinajstić information content (AvgIpc) is 1.78. The van der Waals surface area contributed by atoms with Crippen molar-refractivity contribution < 1.29 is 8.42 Å². The van der Waals surface area contributed by atoms with Gasteiger partial charge in [-0.3, -0.25) is 0 Å². The lowest BCUT2D eigenvalue weighted by Gasteiger charge is -1.99. The van der Waals surface area contributed by atoms with Crippen molar-refractivity contribution >= 4 is 10.0 Å². The van der Waals surface area contributed by atoms with Crippen LogP contribution in [0.2, 0.25) is 0 Å². The molecule has 10 heavy (non-hydrogen) atoms. The second-order valence-corrected chi connectivity index (χ2v) is 4.00. The number of nitrogens with one attached hydrogen (secondary N) is 1. The molecule has 0 saturated carbocycles. The van der Waals surface area contributed by atoms with Crippen molar-refractivity contribution in [3.63, 3.8) is 0 Å². The monoisotopic (exact) mass is 166 g/mol. The molecule has 0 bridgehead atoms. The highest BCUT2D eigenvalue weighted by atomic mass is 32.2. The topological polar surface area (TPSA) is 72.2 Å². The second kappa shape index (κ2) is 4.65. The molecule has 5 heteroatoms. The van der Waals surface area contributed by atoms with Crippen LogP contribution in [-0.2, 0) is 10.0 Å². The summed E-state index contributed by atoms with van der Waals surface area (Å²) in [5.74, 6) is 0. The maximum Gasteiger partial charge on any atom is 0.208 e. The van der Waals surface area contributed by atoms with E-state index in [1.165, 1.54) is 0 Å². The predicted octanol–water partition coefficient (Wildman–Crippen LogP) is -0.725. The van der Waals surface area contributed by atoms with Gasteiger partial charge in [0.05, 0.1) is 6.26 Å². The summed E-state index contributed by atoms with van der Waals surface area (Å²) in [5.41, 5.74) is 5.20. The molecule has 0 fully saturated rings. The van der Waals surface area contributed by atoms with Crippen molar-refractivity contribution in [1.29, 1.82) is 0 Å². The minimum absolute atomic E-state index is 0.496. The zero-order valence-electron chi connectivity index (χ0n) is 6.13. The Morgan fingerprint density at radius 3 is 2.40 bits per heavy atom. The largest absolute Gasteiger partial charge is 0.330 e. The molecule has 0 atom stereocenters. The summed E-state index contributed by atoms with van der Waals surface area (Å²) in [4.78, 5) is 0. The van der Waals surface area contributed by atoms with Crippen LogP contribution in [0.15, 0.2) is 0 Å². The van der Waals surface area contributed by atoms with Gasteiger partial charge in [0.25, 0.3) is 0 Å². The van der Waals surface area contributed by atoms with E-state index in [0.717, 1.165) is 19.1 Å². The molecule has 4 nitrogen and oxygen atoms in total. The normalized spacial score (nSPS) is 11.8. The highest BCUT2D eigenvalue weighted by Crippen LogP contribution is 1.83. The zero-order valence-corrected chi connectivity index (χ0v) is 6.95. The minimum Gasteiger partial charge on any atom is -0.330 e. The maximum absolute atomic E-state index is 10.5. The van der Waals surface area contributed by atoms with Crippen molar-refractivity contribution in [3.05, 3.63) is 0 Å². The Kier molecular flexibility index (Phi) is 4.59. The Labute approximate surface area is 61.8 Å². The van der Waals surface area contributed by atoms with Gasteiger partial charge in [-0.1, -0.05) is 0 Å². The molecule has 0 aromatic rings. The van der Waals surface area contributed by atoms with E-state index in [0.29, 0.717) is 13.1 Å². The third-order valence-corrected chi connectivity index (χ3v) is 1.72. The summed E-state index contributed by atoms with van der Waals surface area (Å²) in [6, 6.07) is 0. The molecule has 0 saturated heterocycles. The molecule has 3 N–H and O–H groups in total. The number of rotatable bonds is 5. The molecule has 0 heterocycles. The lowest BCUT2D eigenvalue weighted by Crippen LogP contribution is -2.23. The van der Waals surface area contributed by atoms with E-state index >= 15 is 0 Å². The Morgan fingerprint density at radius 2 is 2.00 bits per heavy atom. The van der Waals surface area contributed by atoms with Crippen LogP contribution in [0.4, 0.5) is 0 Å². The Bertz CT molecular complexity index is 164. The molecular formula is C5H14N2O2S. The molecule has 62 valence electrons. The number of nitrogens with two attached hydrogens (primary N) is 1. The van der Waals surface area contributed by atoms with Crippen molar-refractivity contribution in [2.75, 3.05) is 19.3 Å². The maximum atomic E-state index is 10.5. The first-order valence-electron chi connectivity index (χ1n) is 3.21. The van der Waals surface area contributed by atoms with Crippen LogP contribution in [0.3, 0.4) is 0 Å². The van der Waals surface area contributed by atoms with Crippen LogP contribution in [0.5, 0.6) is 0 Å². The van der Waals surface area contributed by atoms with E-state index < -0.39 is 10.0 Å². The minimum atomic E-state index is -3.00. The molecular weight excluding hydrogens is 152 g/mol. The van der Waals surface area contributed by atoms with Gasteiger partial charge >= 0.3 is 0 Å². The third kappa shape index (κ3) is 7.87. The van der Waals surface area contributed by atoms with Gasteiger partial charge in [0.15, 0.2) is 0 Å². The lowest BCUT2D eigenvalue weighted by atomic mass is 10.3. The summed E-state index contributed by atoms with van der Waals surface area (Å²) in [5, 5.41) is 0. The van der Waals surface area contributed by atoms with E-state index in [9.17, 15) is 8.42 Å². The van der Waals surface area contributed by atoms with E-state index in [2.05, 4.69) is 4.72 Å². The van der Waals surface area contributed by atoms with Gasteiger partial charge in [-0.05, 0) is 19.4 Å². The fourth-order valence-corrected chi connectivity index (χ4v) is 1.04. The first-order chi connectivity index (χ1) is 4.56. The quantitative estimate of drug-likeness (QED) is 0.529. The fraction of sp³-hybridized carbons (Fsp3) is 1.00. The predicted molar refractivity (Wildman–Crippen MR) is 41.1 cm³/mol. The van der Waals surface area contributed by atoms with E-state index in [1.54, 1.807) is 0 Å². The number of unbranched alkanes of at least 4 members (excludes halogenated alkanes) is 1. The van der Waals surface area contributed by atoms with Crippen LogP contribution in [0.25, 0.3) is 0 Å². The van der Waals surface area contributed by atoms with Crippen LogP contribution in [0.1, 0.15) is 12.8 Å². The molecule has 0 aliphatic rings. The molecule has 0 aromatic heterocycles. The highest BCUT2D eigenvalue weighted by molar-refractivity contribution is 7.88. The van der Waals surface area contributed by atoms with Gasteiger partial charge in [-0.15, -0.1) is 0 Å². The van der Waals surface area contributed by atoms with E-state index in [4.69, 9.17) is 5.73 Å². The molecule has 0 rings (SSSR count). The summed E-state index contributed by atoms with van der Waals surface area (Å²) in [7, 11) is -3.00. The summed E-state index contributed by atoms with van der Waals surface area (Å²) in [6.07, 6.45) is 2.82. The smallest absolute Gasteiger partial charge is 0.208 e. The van der Waals surface area contributed by atoms with E-state index in [1.807, 2.05) is 0 Å². The van der Waals surface area contributed by atoms with Crippen LogP contribution in [-0.4, -0.2) is 27.8 Å². The van der Waals surface area contributed by atoms with Gasteiger partial charge in [-0.25, -0.2) is 13.1 Å². The highest BCUT2D eigenvalue weighted by Gasteiger charge is 1.96. The van der Waals surface area contributed by atoms with Crippen molar-refractivity contribution in [2.45, 2.75) is 12.8 Å². The molecule has 0 aromatic carbocycles. The van der Waals surface area contributed by atoms with Crippen molar-refractivity contribution in [1.82, 2.24) is 4.72 Å². The summed E-state index contributed by atoms with van der Waals surface area (Å²) < 4.78 is 23.3. The zero-order chi connectivity index (χ0) is 8.04. The lowest BCUT2D eigenvalue weighted by molar-refractivity contribution is 0.583. The number of sulfonamides is 1. The van der Waals surface area contributed by atoms with Gasteiger partial charge in [0.1, 0.15) is 0 Å². The van der Waals surface area contributed by atoms with Crippen molar-refractivity contribution in [2.24, 2.45) is 5.73 Å². The van der Waals surface area contributed by atoms with Crippen LogP contribution >= 0.6 is 0 Å². The average molecular weight is 166 g/mol. The SMILES string of the molecule is CS(=O)(=O)NCCCCN. The fourth-order valence-electron chi connectivity index (χ4n) is 0.527. The van der Waals surface area contributed by atoms with Gasteiger partial charge in [-0.2, -0.15) is 0 Å². The Hall–Kier alpha value is -0.130. The first kappa shape index (κ1) is 9.87. The number of hydrogen-bond donors (Lipinski definition) is 2. The molecule has 0 amide bonds. The van der Waals surface area contributed by atoms with Gasteiger partial charge in [0.2, 0.25) is 10.0 Å². The van der Waals surface area contributed by atoms with Gasteiger partial charge in [0, 0.05) is 6.54 Å². The first-order valence-corrected chi connectivity index (χ1v) is 5.10. The number of hydrogen-bond acceptors (Lipinski definition) is 3. The van der Waals surface area contributed by atoms with Gasteiger partial charge < -0.3 is 5.73 Å². The summed E-state index contributed by atoms with van der Waals surface area (Å²) in [6.45, 7) is 1.11. The Balaban J connectivity index is 3.21. The van der Waals surface area contributed by atoms with E-state index in [-0.39, 0.29) is 0 Å². The third-order valence-electron chi connectivity index (χ3n) is 0.995. The Morgan fingerprint density at radius 1 is 1.40 bits per heavy atom. The van der Waals surface area contributed by atoms with Crippen molar-refractivity contribution in [3.8, 4) is 0 Å². The standard InChI is InChI=1S/C5H14N2O2S/c1-10(8,9)7-5-3-2-4-6/h7H,2-6H2,1H3. The molecule has 0 unspecified atom stereocenters. The molecule has 0 spiro atoms.